The highest BCUT2D eigenvalue weighted by Gasteiger charge is 2.39. The Morgan fingerprint density at radius 2 is 1.73 bits per heavy atom. The molecular weight excluding hydrogens is 332 g/mol. The quantitative estimate of drug-likeness (QED) is 0.725. The summed E-state index contributed by atoms with van der Waals surface area (Å²) in [6.07, 6.45) is 3.70. The molecule has 132 valence electrons. The molecule has 2 aromatic carbocycles. The molecule has 1 heterocycles. The number of phenols is 1. The summed E-state index contributed by atoms with van der Waals surface area (Å²) >= 11 is 0. The molecule has 1 aliphatic heterocycles. The number of carbonyl (C=O) groups is 2. The maximum absolute atomic E-state index is 13.2. The number of ketones is 2. The van der Waals surface area contributed by atoms with E-state index >= 15 is 0 Å². The number of benzene rings is 2. The van der Waals surface area contributed by atoms with Crippen molar-refractivity contribution in [2.45, 2.75) is 26.4 Å². The second-order valence-electron chi connectivity index (χ2n) is 7.15. The van der Waals surface area contributed by atoms with E-state index in [0.29, 0.717) is 22.6 Å². The zero-order valence-corrected chi connectivity index (χ0v) is 15.0. The van der Waals surface area contributed by atoms with E-state index in [2.05, 4.69) is 0 Å². The lowest BCUT2D eigenvalue weighted by molar-refractivity contribution is 0.0964. The van der Waals surface area contributed by atoms with Crippen molar-refractivity contribution in [1.29, 1.82) is 0 Å². The van der Waals surface area contributed by atoms with Crippen molar-refractivity contribution in [3.63, 3.8) is 0 Å². The highest BCUT2D eigenvalue weighted by atomic mass is 16.5. The molecule has 5 heteroatoms. The van der Waals surface area contributed by atoms with Gasteiger partial charge in [0, 0.05) is 11.1 Å². The highest BCUT2D eigenvalue weighted by Crippen LogP contribution is 2.46. The largest absolute Gasteiger partial charge is 0.507 e. The van der Waals surface area contributed by atoms with Crippen molar-refractivity contribution < 1.29 is 24.2 Å². The van der Waals surface area contributed by atoms with Crippen LogP contribution in [0.25, 0.3) is 6.08 Å². The molecule has 0 atom stereocenters. The zero-order valence-electron chi connectivity index (χ0n) is 15.0. The lowest BCUT2D eigenvalue weighted by Gasteiger charge is -2.32. The molecule has 0 saturated heterocycles. The number of phenolic OH excluding ortho intramolecular Hbond substituents is 1. The van der Waals surface area contributed by atoms with Gasteiger partial charge in [0.1, 0.15) is 22.8 Å². The summed E-state index contributed by atoms with van der Waals surface area (Å²) in [4.78, 5) is 26.3. The number of fused-ring (bicyclic) bond motifs is 4. The Bertz CT molecular complexity index is 1030. The van der Waals surface area contributed by atoms with Gasteiger partial charge in [0.2, 0.25) is 5.78 Å². The fourth-order valence-electron chi connectivity index (χ4n) is 3.52. The Balaban J connectivity index is 2.07. The van der Waals surface area contributed by atoms with E-state index in [1.807, 2.05) is 26.0 Å². The molecule has 1 N–H and O–H groups in total. The van der Waals surface area contributed by atoms with E-state index in [1.54, 1.807) is 19.1 Å². The number of methoxy groups -OCH3 is 1. The average molecular weight is 350 g/mol. The van der Waals surface area contributed by atoms with E-state index in [0.717, 1.165) is 0 Å². The van der Waals surface area contributed by atoms with Gasteiger partial charge in [-0.25, -0.2) is 0 Å². The van der Waals surface area contributed by atoms with Gasteiger partial charge in [0.15, 0.2) is 5.78 Å². The number of rotatable bonds is 1. The van der Waals surface area contributed by atoms with Crippen molar-refractivity contribution in [2.75, 3.05) is 7.11 Å². The second kappa shape index (κ2) is 5.21. The van der Waals surface area contributed by atoms with Gasteiger partial charge in [-0.15, -0.1) is 0 Å². The van der Waals surface area contributed by atoms with E-state index < -0.39 is 11.4 Å². The number of ether oxygens (including phenoxy) is 2. The van der Waals surface area contributed by atoms with Crippen LogP contribution in [0.4, 0.5) is 0 Å². The molecule has 4 rings (SSSR count). The molecular formula is C21H18O5. The lowest BCUT2D eigenvalue weighted by Crippen LogP contribution is -2.31. The van der Waals surface area contributed by atoms with Crippen molar-refractivity contribution in [3.05, 3.63) is 57.7 Å². The van der Waals surface area contributed by atoms with Gasteiger partial charge in [-0.3, -0.25) is 9.59 Å². The monoisotopic (exact) mass is 350 g/mol. The molecule has 0 bridgehead atoms. The van der Waals surface area contributed by atoms with Crippen molar-refractivity contribution >= 4 is 17.6 Å². The number of hydrogen-bond acceptors (Lipinski definition) is 5. The first-order valence-corrected chi connectivity index (χ1v) is 8.30. The number of aromatic hydroxyl groups is 1. The Morgan fingerprint density at radius 1 is 1.04 bits per heavy atom. The van der Waals surface area contributed by atoms with Gasteiger partial charge in [-0.2, -0.15) is 0 Å². The molecule has 0 saturated carbocycles. The predicted octanol–water partition coefficient (Wildman–Crippen LogP) is 3.67. The highest BCUT2D eigenvalue weighted by molar-refractivity contribution is 6.30. The van der Waals surface area contributed by atoms with Crippen LogP contribution in [0.3, 0.4) is 0 Å². The third kappa shape index (κ3) is 2.17. The maximum atomic E-state index is 13.2. The average Bonchev–Trinajstić information content (AvgIpc) is 2.56. The zero-order chi connectivity index (χ0) is 18.8. The van der Waals surface area contributed by atoms with Crippen molar-refractivity contribution in [2.24, 2.45) is 0 Å². The molecule has 0 amide bonds. The fraction of sp³-hybridized carbons (Fsp3) is 0.238. The van der Waals surface area contributed by atoms with Crippen LogP contribution in [0, 0.1) is 6.92 Å². The summed E-state index contributed by atoms with van der Waals surface area (Å²) in [5.41, 5.74) is 1.32. The predicted molar refractivity (Wildman–Crippen MR) is 96.4 cm³/mol. The Labute approximate surface area is 150 Å². The van der Waals surface area contributed by atoms with Crippen LogP contribution < -0.4 is 9.47 Å². The molecule has 1 aliphatic carbocycles. The minimum atomic E-state index is -0.633. The summed E-state index contributed by atoms with van der Waals surface area (Å²) in [6.45, 7) is 5.49. The minimum absolute atomic E-state index is 0.0245. The standard InChI is InChI=1S/C21H18O5/c1-10-7-12-16(14(22)8-10)19(24)17-13(18(12)23)9-15(25-4)11-5-6-21(2,3)26-20(11)17/h5-9,22H,1-4H3. The molecule has 26 heavy (non-hydrogen) atoms. The van der Waals surface area contributed by atoms with Gasteiger partial charge in [0.05, 0.1) is 23.8 Å². The summed E-state index contributed by atoms with van der Waals surface area (Å²) in [7, 11) is 1.51. The molecule has 0 fully saturated rings. The van der Waals surface area contributed by atoms with E-state index in [9.17, 15) is 14.7 Å². The number of aryl methyl sites for hydroxylation is 1. The van der Waals surface area contributed by atoms with Crippen LogP contribution in [0.5, 0.6) is 17.2 Å². The van der Waals surface area contributed by atoms with E-state index in [1.165, 1.54) is 13.2 Å². The summed E-state index contributed by atoms with van der Waals surface area (Å²) in [5, 5.41) is 10.3. The van der Waals surface area contributed by atoms with E-state index in [4.69, 9.17) is 9.47 Å². The second-order valence-corrected chi connectivity index (χ2v) is 7.15. The summed E-state index contributed by atoms with van der Waals surface area (Å²) in [5.74, 6) is -0.162. The number of hydrogen-bond donors (Lipinski definition) is 1. The molecule has 2 aliphatic rings. The van der Waals surface area contributed by atoms with Crippen LogP contribution in [-0.2, 0) is 0 Å². The molecule has 0 spiro atoms. The van der Waals surface area contributed by atoms with Crippen molar-refractivity contribution in [1.82, 2.24) is 0 Å². The Hall–Kier alpha value is -3.08. The van der Waals surface area contributed by atoms with Crippen LogP contribution in [0.15, 0.2) is 24.3 Å². The molecule has 0 aromatic heterocycles. The van der Waals surface area contributed by atoms with Crippen molar-refractivity contribution in [3.8, 4) is 17.2 Å². The van der Waals surface area contributed by atoms with Crippen LogP contribution in [0.2, 0.25) is 0 Å². The topological polar surface area (TPSA) is 72.8 Å². The molecule has 5 nitrogen and oxygen atoms in total. The first-order chi connectivity index (χ1) is 12.2. The first-order valence-electron chi connectivity index (χ1n) is 8.30. The van der Waals surface area contributed by atoms with Gasteiger partial charge >= 0.3 is 0 Å². The summed E-state index contributed by atoms with van der Waals surface area (Å²) in [6, 6.07) is 4.67. The van der Waals surface area contributed by atoms with Crippen LogP contribution in [0.1, 0.15) is 56.8 Å². The normalized spacial score (nSPS) is 16.5. The van der Waals surface area contributed by atoms with Gasteiger partial charge in [-0.05, 0) is 56.7 Å². The minimum Gasteiger partial charge on any atom is -0.507 e. The lowest BCUT2D eigenvalue weighted by atomic mass is 9.80. The maximum Gasteiger partial charge on any atom is 0.202 e. The van der Waals surface area contributed by atoms with Gasteiger partial charge < -0.3 is 14.6 Å². The fourth-order valence-corrected chi connectivity index (χ4v) is 3.52. The third-order valence-corrected chi connectivity index (χ3v) is 4.72. The number of carbonyl (C=O) groups excluding carboxylic acids is 2. The van der Waals surface area contributed by atoms with Gasteiger partial charge in [0.25, 0.3) is 0 Å². The van der Waals surface area contributed by atoms with E-state index in [-0.39, 0.29) is 33.8 Å². The smallest absolute Gasteiger partial charge is 0.202 e. The summed E-state index contributed by atoms with van der Waals surface area (Å²) < 4.78 is 11.5. The first kappa shape index (κ1) is 16.4. The van der Waals surface area contributed by atoms with Crippen LogP contribution >= 0.6 is 0 Å². The Morgan fingerprint density at radius 3 is 2.42 bits per heavy atom. The molecule has 0 unspecified atom stereocenters. The molecule has 0 radical (unpaired) electrons. The SMILES string of the molecule is COc1cc2c(c3c1C=CC(C)(C)O3)C(=O)c1c(O)cc(C)cc1C2=O. The molecule has 2 aromatic rings. The van der Waals surface area contributed by atoms with Gasteiger partial charge in [-0.1, -0.05) is 0 Å². The third-order valence-electron chi connectivity index (χ3n) is 4.72. The van der Waals surface area contributed by atoms with Crippen LogP contribution in [-0.4, -0.2) is 29.4 Å². The Kier molecular flexibility index (Phi) is 3.28.